The fourth-order valence-electron chi connectivity index (χ4n) is 1.74. The van der Waals surface area contributed by atoms with E-state index in [0.29, 0.717) is 16.8 Å². The normalized spacial score (nSPS) is 17.2. The number of hydrogen-bond acceptors (Lipinski definition) is 4. The van der Waals surface area contributed by atoms with Crippen molar-refractivity contribution in [1.82, 2.24) is 5.32 Å². The largest absolute Gasteiger partial charge is 0.462 e. The van der Waals surface area contributed by atoms with Gasteiger partial charge in [0.15, 0.2) is 0 Å². The molecule has 0 atom stereocenters. The second-order valence-corrected chi connectivity index (χ2v) is 4.73. The molecule has 0 radical (unpaired) electrons. The maximum absolute atomic E-state index is 11.8. The SMILES string of the molecule is CCOC(=O)C1=C(C)NC(=O)/C1=C\c1cccs1. The van der Waals surface area contributed by atoms with Crippen molar-refractivity contribution in [1.29, 1.82) is 0 Å². The topological polar surface area (TPSA) is 55.4 Å². The molecule has 4 nitrogen and oxygen atoms in total. The summed E-state index contributed by atoms with van der Waals surface area (Å²) in [5.41, 5.74) is 1.24. The van der Waals surface area contributed by atoms with Gasteiger partial charge in [-0.2, -0.15) is 0 Å². The van der Waals surface area contributed by atoms with E-state index < -0.39 is 5.97 Å². The average molecular weight is 263 g/mol. The van der Waals surface area contributed by atoms with Gasteiger partial charge in [-0.05, 0) is 31.4 Å². The van der Waals surface area contributed by atoms with Crippen LogP contribution in [0.2, 0.25) is 0 Å². The van der Waals surface area contributed by atoms with E-state index in [1.165, 1.54) is 11.3 Å². The quantitative estimate of drug-likeness (QED) is 0.671. The number of amides is 1. The van der Waals surface area contributed by atoms with Crippen molar-refractivity contribution < 1.29 is 14.3 Å². The number of thiophene rings is 1. The zero-order valence-corrected chi connectivity index (χ0v) is 11.0. The minimum Gasteiger partial charge on any atom is -0.462 e. The molecule has 0 saturated carbocycles. The van der Waals surface area contributed by atoms with Crippen LogP contribution in [0.25, 0.3) is 6.08 Å². The molecule has 94 valence electrons. The van der Waals surface area contributed by atoms with Gasteiger partial charge in [-0.25, -0.2) is 4.79 Å². The van der Waals surface area contributed by atoms with Crippen molar-refractivity contribution in [2.24, 2.45) is 0 Å². The van der Waals surface area contributed by atoms with Crippen molar-refractivity contribution in [3.8, 4) is 0 Å². The highest BCUT2D eigenvalue weighted by Gasteiger charge is 2.30. The smallest absolute Gasteiger partial charge is 0.340 e. The number of esters is 1. The number of rotatable bonds is 3. The van der Waals surface area contributed by atoms with E-state index in [0.717, 1.165) is 4.88 Å². The molecule has 0 fully saturated rings. The lowest BCUT2D eigenvalue weighted by Gasteiger charge is -2.03. The van der Waals surface area contributed by atoms with Gasteiger partial charge in [-0.3, -0.25) is 4.79 Å². The summed E-state index contributed by atoms with van der Waals surface area (Å²) in [5.74, 6) is -0.722. The summed E-state index contributed by atoms with van der Waals surface area (Å²) in [4.78, 5) is 24.6. The fourth-order valence-corrected chi connectivity index (χ4v) is 2.39. The van der Waals surface area contributed by atoms with Crippen LogP contribution in [0.4, 0.5) is 0 Å². The van der Waals surface area contributed by atoms with Crippen LogP contribution in [0, 0.1) is 0 Å². The van der Waals surface area contributed by atoms with E-state index in [1.54, 1.807) is 19.9 Å². The summed E-state index contributed by atoms with van der Waals surface area (Å²) in [7, 11) is 0. The highest BCUT2D eigenvalue weighted by Crippen LogP contribution is 2.26. The molecule has 0 aliphatic carbocycles. The predicted octanol–water partition coefficient (Wildman–Crippen LogP) is 2.10. The van der Waals surface area contributed by atoms with Gasteiger partial charge >= 0.3 is 5.97 Å². The van der Waals surface area contributed by atoms with E-state index in [9.17, 15) is 9.59 Å². The van der Waals surface area contributed by atoms with E-state index in [1.807, 2.05) is 17.5 Å². The third-order valence-electron chi connectivity index (χ3n) is 2.50. The van der Waals surface area contributed by atoms with Crippen LogP contribution in [0.3, 0.4) is 0 Å². The summed E-state index contributed by atoms with van der Waals surface area (Å²) in [6.45, 7) is 3.72. The standard InChI is InChI=1S/C13H13NO3S/c1-3-17-13(16)11-8(2)14-12(15)10(11)7-9-5-4-6-18-9/h4-7H,3H2,1-2H3,(H,14,15)/b10-7-. The highest BCUT2D eigenvalue weighted by atomic mass is 32.1. The molecule has 1 aliphatic heterocycles. The Hall–Kier alpha value is -1.88. The maximum Gasteiger partial charge on any atom is 0.340 e. The third-order valence-corrected chi connectivity index (χ3v) is 3.32. The molecule has 5 heteroatoms. The minimum atomic E-state index is -0.462. The zero-order valence-electron chi connectivity index (χ0n) is 10.1. The monoisotopic (exact) mass is 263 g/mol. The van der Waals surface area contributed by atoms with Crippen LogP contribution in [-0.2, 0) is 14.3 Å². The Balaban J connectivity index is 2.38. The van der Waals surface area contributed by atoms with Crippen molar-refractivity contribution in [2.75, 3.05) is 6.61 Å². The Labute approximate surface area is 109 Å². The summed E-state index contributed by atoms with van der Waals surface area (Å²) in [6.07, 6.45) is 1.71. The summed E-state index contributed by atoms with van der Waals surface area (Å²) in [6, 6.07) is 3.78. The lowest BCUT2D eigenvalue weighted by atomic mass is 10.1. The molecule has 2 heterocycles. The molecule has 0 saturated heterocycles. The highest BCUT2D eigenvalue weighted by molar-refractivity contribution is 7.10. The van der Waals surface area contributed by atoms with Crippen molar-refractivity contribution >= 4 is 29.3 Å². The van der Waals surface area contributed by atoms with Crippen LogP contribution >= 0.6 is 11.3 Å². The Morgan fingerprint density at radius 3 is 2.94 bits per heavy atom. The van der Waals surface area contributed by atoms with E-state index >= 15 is 0 Å². The van der Waals surface area contributed by atoms with Gasteiger partial charge in [-0.1, -0.05) is 6.07 Å². The molecule has 1 aromatic rings. The molecular weight excluding hydrogens is 250 g/mol. The van der Waals surface area contributed by atoms with Crippen molar-refractivity contribution in [2.45, 2.75) is 13.8 Å². The summed E-state index contributed by atoms with van der Waals surface area (Å²) in [5, 5.41) is 4.56. The number of hydrogen-bond donors (Lipinski definition) is 1. The first kappa shape index (κ1) is 12.6. The molecule has 2 rings (SSSR count). The molecule has 0 bridgehead atoms. The van der Waals surface area contributed by atoms with Gasteiger partial charge in [0.25, 0.3) is 5.91 Å². The molecule has 1 amide bonds. The molecule has 1 N–H and O–H groups in total. The Bertz CT molecular complexity index is 541. The van der Waals surface area contributed by atoms with E-state index in [-0.39, 0.29) is 12.5 Å². The van der Waals surface area contributed by atoms with Gasteiger partial charge < -0.3 is 10.1 Å². The first-order valence-electron chi connectivity index (χ1n) is 5.58. The number of allylic oxidation sites excluding steroid dienone is 1. The Kier molecular flexibility index (Phi) is 3.62. The number of ether oxygens (including phenoxy) is 1. The van der Waals surface area contributed by atoms with E-state index in [4.69, 9.17) is 4.74 Å². The Morgan fingerprint density at radius 2 is 2.33 bits per heavy atom. The first-order valence-corrected chi connectivity index (χ1v) is 6.46. The molecule has 18 heavy (non-hydrogen) atoms. The molecule has 1 aromatic heterocycles. The first-order chi connectivity index (χ1) is 8.63. The lowest BCUT2D eigenvalue weighted by Crippen LogP contribution is -2.15. The Morgan fingerprint density at radius 1 is 1.56 bits per heavy atom. The van der Waals surface area contributed by atoms with Crippen molar-refractivity contribution in [3.63, 3.8) is 0 Å². The number of nitrogens with one attached hydrogen (secondary N) is 1. The second-order valence-electron chi connectivity index (χ2n) is 3.75. The van der Waals surface area contributed by atoms with E-state index in [2.05, 4.69) is 5.32 Å². The van der Waals surface area contributed by atoms with Gasteiger partial charge in [-0.15, -0.1) is 11.3 Å². The molecule has 0 aromatic carbocycles. The van der Waals surface area contributed by atoms with Crippen LogP contribution in [0.5, 0.6) is 0 Å². The molecule has 0 unspecified atom stereocenters. The van der Waals surface area contributed by atoms with Crippen LogP contribution in [0.15, 0.2) is 34.4 Å². The zero-order chi connectivity index (χ0) is 13.1. The van der Waals surface area contributed by atoms with Crippen LogP contribution < -0.4 is 5.32 Å². The fraction of sp³-hybridized carbons (Fsp3) is 0.231. The average Bonchev–Trinajstić information content (AvgIpc) is 2.89. The van der Waals surface area contributed by atoms with Gasteiger partial charge in [0.2, 0.25) is 0 Å². The lowest BCUT2D eigenvalue weighted by molar-refractivity contribution is -0.138. The third kappa shape index (κ3) is 2.36. The summed E-state index contributed by atoms with van der Waals surface area (Å²) < 4.78 is 4.97. The van der Waals surface area contributed by atoms with Gasteiger partial charge in [0, 0.05) is 10.6 Å². The second kappa shape index (κ2) is 5.18. The predicted molar refractivity (Wildman–Crippen MR) is 69.8 cm³/mol. The summed E-state index contributed by atoms with van der Waals surface area (Å²) >= 11 is 1.51. The number of carbonyl (C=O) groups is 2. The van der Waals surface area contributed by atoms with Crippen molar-refractivity contribution in [3.05, 3.63) is 39.2 Å². The molecule has 1 aliphatic rings. The molecular formula is C13H13NO3S. The van der Waals surface area contributed by atoms with Crippen LogP contribution in [-0.4, -0.2) is 18.5 Å². The van der Waals surface area contributed by atoms with Gasteiger partial charge in [0.05, 0.1) is 17.8 Å². The maximum atomic E-state index is 11.8. The van der Waals surface area contributed by atoms with Crippen LogP contribution in [0.1, 0.15) is 18.7 Å². The number of carbonyl (C=O) groups excluding carboxylic acids is 2. The molecule has 0 spiro atoms. The van der Waals surface area contributed by atoms with Gasteiger partial charge in [0.1, 0.15) is 0 Å². The minimum absolute atomic E-state index is 0.260.